The van der Waals surface area contributed by atoms with Gasteiger partial charge in [-0.1, -0.05) is 36.2 Å². The van der Waals surface area contributed by atoms with E-state index in [4.69, 9.17) is 0 Å². The number of rotatable bonds is 4. The van der Waals surface area contributed by atoms with Crippen LogP contribution < -0.4 is 5.32 Å². The van der Waals surface area contributed by atoms with Crippen molar-refractivity contribution in [3.8, 4) is 0 Å². The Hall–Kier alpha value is -1.35. The molecule has 0 radical (unpaired) electrons. The van der Waals surface area contributed by atoms with Crippen LogP contribution in [0.2, 0.25) is 0 Å². The van der Waals surface area contributed by atoms with Crippen LogP contribution in [0, 0.1) is 19.8 Å². The van der Waals surface area contributed by atoms with E-state index in [1.54, 1.807) is 0 Å². The van der Waals surface area contributed by atoms with Crippen LogP contribution in [-0.2, 0) is 4.79 Å². The van der Waals surface area contributed by atoms with Gasteiger partial charge in [0.2, 0.25) is 5.91 Å². The highest BCUT2D eigenvalue weighted by molar-refractivity contribution is 5.76. The van der Waals surface area contributed by atoms with E-state index >= 15 is 0 Å². The second kappa shape index (κ2) is 7.08. The van der Waals surface area contributed by atoms with E-state index < -0.39 is 0 Å². The molecule has 1 saturated heterocycles. The molecule has 1 heterocycles. The van der Waals surface area contributed by atoms with Crippen molar-refractivity contribution < 1.29 is 4.79 Å². The summed E-state index contributed by atoms with van der Waals surface area (Å²) in [6.07, 6.45) is 2.85. The molecule has 2 atom stereocenters. The molecule has 21 heavy (non-hydrogen) atoms. The van der Waals surface area contributed by atoms with Crippen LogP contribution in [0.4, 0.5) is 0 Å². The lowest BCUT2D eigenvalue weighted by Gasteiger charge is -2.27. The maximum Gasteiger partial charge on any atom is 0.222 e. The van der Waals surface area contributed by atoms with E-state index in [1.807, 2.05) is 11.9 Å². The van der Waals surface area contributed by atoms with Gasteiger partial charge in [0.25, 0.3) is 0 Å². The number of likely N-dealkylation sites (N-methyl/N-ethyl adjacent to an activating group) is 1. The fourth-order valence-corrected chi connectivity index (χ4v) is 3.16. The van der Waals surface area contributed by atoms with Crippen molar-refractivity contribution >= 4 is 5.91 Å². The lowest BCUT2D eigenvalue weighted by atomic mass is 10.0. The molecule has 3 heteroatoms. The SMILES string of the molecule is CNC(CN1CCC(C)CCC1=O)c1cc(C)cc(C)c1. The average Bonchev–Trinajstić information content (AvgIpc) is 2.58. The van der Waals surface area contributed by atoms with Crippen LogP contribution in [0.3, 0.4) is 0 Å². The van der Waals surface area contributed by atoms with E-state index in [0.717, 1.165) is 25.9 Å². The van der Waals surface area contributed by atoms with Crippen molar-refractivity contribution in [1.82, 2.24) is 10.2 Å². The Morgan fingerprint density at radius 1 is 1.24 bits per heavy atom. The maximum absolute atomic E-state index is 12.3. The monoisotopic (exact) mass is 288 g/mol. The van der Waals surface area contributed by atoms with Gasteiger partial charge in [0.05, 0.1) is 0 Å². The molecule has 116 valence electrons. The maximum atomic E-state index is 12.3. The number of likely N-dealkylation sites (tertiary alicyclic amines) is 1. The van der Waals surface area contributed by atoms with Gasteiger partial charge in [0, 0.05) is 25.6 Å². The fourth-order valence-electron chi connectivity index (χ4n) is 3.16. The largest absolute Gasteiger partial charge is 0.341 e. The molecule has 1 fully saturated rings. The number of amides is 1. The Morgan fingerprint density at radius 3 is 2.52 bits per heavy atom. The summed E-state index contributed by atoms with van der Waals surface area (Å²) in [5, 5.41) is 3.38. The molecule has 1 aliphatic rings. The third-order valence-electron chi connectivity index (χ3n) is 4.49. The topological polar surface area (TPSA) is 32.3 Å². The molecule has 1 N–H and O–H groups in total. The van der Waals surface area contributed by atoms with Gasteiger partial charge in [0.1, 0.15) is 0 Å². The Kier molecular flexibility index (Phi) is 5.40. The standard InChI is InChI=1S/C18H28N2O/c1-13-5-6-18(21)20(8-7-13)12-17(19-4)16-10-14(2)9-15(3)11-16/h9-11,13,17,19H,5-8,12H2,1-4H3. The zero-order valence-corrected chi connectivity index (χ0v) is 13.8. The zero-order valence-electron chi connectivity index (χ0n) is 13.8. The van der Waals surface area contributed by atoms with Gasteiger partial charge >= 0.3 is 0 Å². The molecule has 1 aromatic carbocycles. The van der Waals surface area contributed by atoms with Crippen molar-refractivity contribution in [1.29, 1.82) is 0 Å². The van der Waals surface area contributed by atoms with Gasteiger partial charge in [-0.3, -0.25) is 4.79 Å². The average molecular weight is 288 g/mol. The number of aryl methyl sites for hydroxylation is 2. The van der Waals surface area contributed by atoms with Crippen LogP contribution >= 0.6 is 0 Å². The summed E-state index contributed by atoms with van der Waals surface area (Å²) >= 11 is 0. The lowest BCUT2D eigenvalue weighted by molar-refractivity contribution is -0.131. The zero-order chi connectivity index (χ0) is 15.4. The van der Waals surface area contributed by atoms with Gasteiger partial charge in [-0.15, -0.1) is 0 Å². The van der Waals surface area contributed by atoms with E-state index in [9.17, 15) is 4.79 Å². The lowest BCUT2D eigenvalue weighted by Crippen LogP contribution is -2.38. The van der Waals surface area contributed by atoms with Crippen molar-refractivity contribution in [2.24, 2.45) is 5.92 Å². The number of hydrogen-bond acceptors (Lipinski definition) is 2. The molecular weight excluding hydrogens is 260 g/mol. The second-order valence-corrected chi connectivity index (χ2v) is 6.53. The molecule has 2 unspecified atom stereocenters. The molecule has 1 amide bonds. The van der Waals surface area contributed by atoms with Gasteiger partial charge in [-0.05, 0) is 45.2 Å². The van der Waals surface area contributed by atoms with Gasteiger partial charge in [-0.2, -0.15) is 0 Å². The second-order valence-electron chi connectivity index (χ2n) is 6.53. The predicted molar refractivity (Wildman–Crippen MR) is 87.3 cm³/mol. The van der Waals surface area contributed by atoms with Crippen molar-refractivity contribution in [3.63, 3.8) is 0 Å². The third kappa shape index (κ3) is 4.31. The van der Waals surface area contributed by atoms with Gasteiger partial charge < -0.3 is 10.2 Å². The Balaban J connectivity index is 2.12. The normalized spacial score (nSPS) is 21.2. The van der Waals surface area contributed by atoms with E-state index in [1.165, 1.54) is 16.7 Å². The quantitative estimate of drug-likeness (QED) is 0.922. The van der Waals surface area contributed by atoms with Crippen LogP contribution in [-0.4, -0.2) is 30.9 Å². The minimum Gasteiger partial charge on any atom is -0.341 e. The summed E-state index contributed by atoms with van der Waals surface area (Å²) in [7, 11) is 1.98. The van der Waals surface area contributed by atoms with Crippen LogP contribution in [0.5, 0.6) is 0 Å². The Labute approximate surface area is 128 Å². The number of nitrogens with zero attached hydrogens (tertiary/aromatic N) is 1. The summed E-state index contributed by atoms with van der Waals surface area (Å²) in [6.45, 7) is 8.16. The van der Waals surface area contributed by atoms with Crippen molar-refractivity contribution in [2.75, 3.05) is 20.1 Å². The smallest absolute Gasteiger partial charge is 0.222 e. The number of carbonyl (C=O) groups excluding carboxylic acids is 1. The molecular formula is C18H28N2O. The molecule has 1 aromatic rings. The van der Waals surface area contributed by atoms with Crippen LogP contribution in [0.1, 0.15) is 48.9 Å². The fraction of sp³-hybridized carbons (Fsp3) is 0.611. The van der Waals surface area contributed by atoms with E-state index in [2.05, 4.69) is 44.3 Å². The molecule has 0 aliphatic carbocycles. The number of nitrogens with one attached hydrogen (secondary N) is 1. The molecule has 3 nitrogen and oxygen atoms in total. The summed E-state index contributed by atoms with van der Waals surface area (Å²) < 4.78 is 0. The van der Waals surface area contributed by atoms with Gasteiger partial charge in [-0.25, -0.2) is 0 Å². The summed E-state index contributed by atoms with van der Waals surface area (Å²) in [5.41, 5.74) is 3.84. The first kappa shape index (κ1) is 16.0. The van der Waals surface area contributed by atoms with Crippen molar-refractivity contribution in [2.45, 2.75) is 46.1 Å². The van der Waals surface area contributed by atoms with Crippen molar-refractivity contribution in [3.05, 3.63) is 34.9 Å². The summed E-state index contributed by atoms with van der Waals surface area (Å²) in [6, 6.07) is 6.84. The Morgan fingerprint density at radius 2 is 1.90 bits per heavy atom. The Bertz CT molecular complexity index is 478. The van der Waals surface area contributed by atoms with E-state index in [0.29, 0.717) is 18.2 Å². The van der Waals surface area contributed by atoms with Gasteiger partial charge in [0.15, 0.2) is 0 Å². The minimum atomic E-state index is 0.209. The van der Waals surface area contributed by atoms with Crippen LogP contribution in [0.15, 0.2) is 18.2 Å². The first-order valence-corrected chi connectivity index (χ1v) is 8.03. The highest BCUT2D eigenvalue weighted by Crippen LogP contribution is 2.22. The number of benzene rings is 1. The van der Waals surface area contributed by atoms with E-state index in [-0.39, 0.29) is 6.04 Å². The van der Waals surface area contributed by atoms with Crippen LogP contribution in [0.25, 0.3) is 0 Å². The summed E-state index contributed by atoms with van der Waals surface area (Å²) in [5.74, 6) is 0.970. The molecule has 0 aromatic heterocycles. The first-order chi connectivity index (χ1) is 9.99. The predicted octanol–water partition coefficient (Wildman–Crippen LogP) is 3.21. The molecule has 1 aliphatic heterocycles. The molecule has 0 saturated carbocycles. The highest BCUT2D eigenvalue weighted by Gasteiger charge is 2.23. The minimum absolute atomic E-state index is 0.209. The number of carbonyl (C=O) groups is 1. The first-order valence-electron chi connectivity index (χ1n) is 8.03. The molecule has 2 rings (SSSR count). The summed E-state index contributed by atoms with van der Waals surface area (Å²) in [4.78, 5) is 14.3. The number of hydrogen-bond donors (Lipinski definition) is 1. The third-order valence-corrected chi connectivity index (χ3v) is 4.49. The highest BCUT2D eigenvalue weighted by atomic mass is 16.2. The molecule has 0 spiro atoms. The molecule has 0 bridgehead atoms.